The molecule has 0 bridgehead atoms. The maximum atomic E-state index is 13.2. The second kappa shape index (κ2) is 79.3. The lowest BCUT2D eigenvalue weighted by atomic mass is 9.99. The highest BCUT2D eigenvalue weighted by atomic mass is 31.2. The van der Waals surface area contributed by atoms with Crippen LogP contribution in [0.15, 0.2) is 0 Å². The van der Waals surface area contributed by atoms with Crippen LogP contribution in [-0.4, -0.2) is 96.7 Å². The SMILES string of the molecule is CCCCCCCCCCCCCCCCCCCCC(=O)OC[C@H](COP(=O)(O)OC[C@@H](O)COP(=O)(O)OC[C@@H](COC(=O)CCCCCCCCCCCC(C)C)OC(=O)CCCCCCCCCCCCCCCCC)OC(=O)CCCCCCCCCCCCCCCCCCCCC(C)CC. The van der Waals surface area contributed by atoms with E-state index in [1.165, 1.54) is 289 Å². The fourth-order valence-electron chi connectivity index (χ4n) is 13.7. The van der Waals surface area contributed by atoms with Gasteiger partial charge in [-0.2, -0.15) is 0 Å². The Hall–Kier alpha value is -1.94. The summed E-state index contributed by atoms with van der Waals surface area (Å²) in [6, 6.07) is 0. The first-order valence-electron chi connectivity index (χ1n) is 45.5. The molecule has 3 unspecified atom stereocenters. The predicted octanol–water partition coefficient (Wildman–Crippen LogP) is 27.0. The molecular weight excluding hydrogens is 1390 g/mol. The molecular formula is C88H172O17P2. The van der Waals surface area contributed by atoms with Gasteiger partial charge in [-0.25, -0.2) is 9.13 Å². The summed E-state index contributed by atoms with van der Waals surface area (Å²) < 4.78 is 69.0. The van der Waals surface area contributed by atoms with Crippen molar-refractivity contribution < 1.29 is 80.2 Å². The highest BCUT2D eigenvalue weighted by Gasteiger charge is 2.31. The van der Waals surface area contributed by atoms with Crippen LogP contribution in [0.1, 0.15) is 472 Å². The Balaban J connectivity index is 5.24. The quantitative estimate of drug-likeness (QED) is 0.0222. The number of ether oxygens (including phenoxy) is 4. The summed E-state index contributed by atoms with van der Waals surface area (Å²) in [5, 5.41) is 10.7. The molecule has 0 heterocycles. The van der Waals surface area contributed by atoms with Crippen molar-refractivity contribution in [2.24, 2.45) is 11.8 Å². The molecule has 0 aliphatic carbocycles. The zero-order chi connectivity index (χ0) is 78.5. The zero-order valence-electron chi connectivity index (χ0n) is 70.5. The lowest BCUT2D eigenvalue weighted by Gasteiger charge is -2.21. The Morgan fingerprint density at radius 3 is 0.710 bits per heavy atom. The van der Waals surface area contributed by atoms with Gasteiger partial charge < -0.3 is 33.8 Å². The van der Waals surface area contributed by atoms with Crippen LogP contribution >= 0.6 is 15.6 Å². The Bertz CT molecular complexity index is 2050. The fraction of sp³-hybridized carbons (Fsp3) is 0.955. The van der Waals surface area contributed by atoms with Crippen LogP contribution in [0.25, 0.3) is 0 Å². The van der Waals surface area contributed by atoms with E-state index in [0.29, 0.717) is 25.7 Å². The number of aliphatic hydroxyl groups is 1. The monoisotopic (exact) mass is 1560 g/mol. The van der Waals surface area contributed by atoms with E-state index in [1.807, 2.05) is 0 Å². The lowest BCUT2D eigenvalue weighted by molar-refractivity contribution is -0.161. The van der Waals surface area contributed by atoms with E-state index in [0.717, 1.165) is 102 Å². The normalized spacial score (nSPS) is 14.0. The van der Waals surface area contributed by atoms with E-state index >= 15 is 0 Å². The Morgan fingerprint density at radius 1 is 0.271 bits per heavy atom. The van der Waals surface area contributed by atoms with Crippen molar-refractivity contribution in [3.05, 3.63) is 0 Å². The second-order valence-corrected chi connectivity index (χ2v) is 35.3. The molecule has 3 N–H and O–H groups in total. The molecule has 0 saturated heterocycles. The third kappa shape index (κ3) is 80.5. The fourth-order valence-corrected chi connectivity index (χ4v) is 15.3. The maximum absolute atomic E-state index is 13.2. The van der Waals surface area contributed by atoms with Crippen LogP contribution in [0, 0.1) is 11.8 Å². The number of hydrogen-bond acceptors (Lipinski definition) is 15. The molecule has 6 atom stereocenters. The van der Waals surface area contributed by atoms with Gasteiger partial charge in [0.15, 0.2) is 12.2 Å². The highest BCUT2D eigenvalue weighted by molar-refractivity contribution is 7.47. The minimum atomic E-state index is -4.97. The molecule has 0 aromatic heterocycles. The van der Waals surface area contributed by atoms with Gasteiger partial charge in [0, 0.05) is 25.7 Å². The number of unbranched alkanes of at least 4 members (excludes halogenated alkanes) is 56. The number of carbonyl (C=O) groups excluding carboxylic acids is 4. The summed E-state index contributed by atoms with van der Waals surface area (Å²) >= 11 is 0. The molecule has 19 heteroatoms. The number of phosphoric acid groups is 2. The van der Waals surface area contributed by atoms with Crippen molar-refractivity contribution in [1.82, 2.24) is 0 Å². The molecule has 0 fully saturated rings. The Kier molecular flexibility index (Phi) is 77.9. The molecule has 107 heavy (non-hydrogen) atoms. The van der Waals surface area contributed by atoms with Gasteiger partial charge in [0.05, 0.1) is 26.4 Å². The summed E-state index contributed by atoms with van der Waals surface area (Å²) in [6.45, 7) is 9.74. The Morgan fingerprint density at radius 2 is 0.477 bits per heavy atom. The first-order chi connectivity index (χ1) is 51.9. The van der Waals surface area contributed by atoms with Crippen LogP contribution < -0.4 is 0 Å². The van der Waals surface area contributed by atoms with E-state index in [4.69, 9.17) is 37.0 Å². The summed E-state index contributed by atoms with van der Waals surface area (Å²) in [4.78, 5) is 73.3. The maximum Gasteiger partial charge on any atom is 0.472 e. The number of rotatable bonds is 87. The van der Waals surface area contributed by atoms with Gasteiger partial charge in [-0.1, -0.05) is 420 Å². The van der Waals surface area contributed by atoms with Crippen molar-refractivity contribution in [2.75, 3.05) is 39.6 Å². The molecule has 0 spiro atoms. The van der Waals surface area contributed by atoms with Gasteiger partial charge in [0.25, 0.3) is 0 Å². The van der Waals surface area contributed by atoms with Gasteiger partial charge in [-0.3, -0.25) is 37.3 Å². The third-order valence-corrected chi connectivity index (χ3v) is 23.0. The van der Waals surface area contributed by atoms with Crippen LogP contribution in [-0.2, 0) is 65.4 Å². The van der Waals surface area contributed by atoms with E-state index in [2.05, 4.69) is 41.5 Å². The standard InChI is InChI=1S/C88H172O17P2/c1-7-10-12-14-16-18-20-22-24-25-29-33-36-40-46-52-58-64-70-85(90)98-76-83(104-88(93)73-67-61-55-48-42-38-34-30-27-26-28-32-35-39-45-51-57-63-69-81(6)9-3)78-102-106(94,95)100-74-82(89)75-101-107(96,97)103-79-84(77-99-86(91)71-65-59-53-49-43-44-50-56-62-68-80(4)5)105-87(92)72-66-60-54-47-41-37-31-23-21-19-17-15-13-11-8-2/h80-84,89H,7-79H2,1-6H3,(H,94,95)(H,96,97)/t81?,82-,83-,84-/m1/s1. The molecule has 0 amide bonds. The first kappa shape index (κ1) is 105. The highest BCUT2D eigenvalue weighted by Crippen LogP contribution is 2.45. The lowest BCUT2D eigenvalue weighted by Crippen LogP contribution is -2.30. The first-order valence-corrected chi connectivity index (χ1v) is 48.5. The van der Waals surface area contributed by atoms with Crippen molar-refractivity contribution in [1.29, 1.82) is 0 Å². The average Bonchev–Trinajstić information content (AvgIpc) is 0.901. The van der Waals surface area contributed by atoms with E-state index in [1.54, 1.807) is 0 Å². The number of aliphatic hydroxyl groups excluding tert-OH is 1. The van der Waals surface area contributed by atoms with Gasteiger partial charge in [0.2, 0.25) is 0 Å². The largest absolute Gasteiger partial charge is 0.472 e. The van der Waals surface area contributed by atoms with E-state index in [9.17, 15) is 43.2 Å². The molecule has 636 valence electrons. The molecule has 0 aromatic carbocycles. The topological polar surface area (TPSA) is 237 Å². The smallest absolute Gasteiger partial charge is 0.462 e. The third-order valence-electron chi connectivity index (χ3n) is 21.1. The minimum absolute atomic E-state index is 0.108. The van der Waals surface area contributed by atoms with Crippen molar-refractivity contribution in [3.63, 3.8) is 0 Å². The van der Waals surface area contributed by atoms with Crippen molar-refractivity contribution in [3.8, 4) is 0 Å². The number of hydrogen-bond donors (Lipinski definition) is 3. The molecule has 0 saturated carbocycles. The minimum Gasteiger partial charge on any atom is -0.462 e. The van der Waals surface area contributed by atoms with Crippen LogP contribution in [0.3, 0.4) is 0 Å². The summed E-state index contributed by atoms with van der Waals surface area (Å²) in [5.74, 6) is -0.483. The molecule has 0 radical (unpaired) electrons. The Labute approximate surface area is 658 Å². The van der Waals surface area contributed by atoms with Gasteiger partial charge in [0.1, 0.15) is 19.3 Å². The molecule has 17 nitrogen and oxygen atoms in total. The zero-order valence-corrected chi connectivity index (χ0v) is 72.2. The summed E-state index contributed by atoms with van der Waals surface area (Å²) in [6.07, 6.45) is 72.2. The molecule has 0 aliphatic heterocycles. The summed E-state index contributed by atoms with van der Waals surface area (Å²) in [7, 11) is -9.93. The number of esters is 4. The van der Waals surface area contributed by atoms with Gasteiger partial charge in [-0.05, 0) is 37.5 Å². The van der Waals surface area contributed by atoms with Crippen LogP contribution in [0.2, 0.25) is 0 Å². The molecule has 0 aliphatic rings. The van der Waals surface area contributed by atoms with Crippen LogP contribution in [0.4, 0.5) is 0 Å². The summed E-state index contributed by atoms with van der Waals surface area (Å²) in [5.41, 5.74) is 0. The van der Waals surface area contributed by atoms with Gasteiger partial charge in [-0.15, -0.1) is 0 Å². The van der Waals surface area contributed by atoms with Gasteiger partial charge >= 0.3 is 39.5 Å². The van der Waals surface area contributed by atoms with Crippen molar-refractivity contribution in [2.45, 2.75) is 490 Å². The number of phosphoric ester groups is 2. The van der Waals surface area contributed by atoms with E-state index in [-0.39, 0.29) is 25.7 Å². The molecule has 0 rings (SSSR count). The predicted molar refractivity (Wildman–Crippen MR) is 442 cm³/mol. The second-order valence-electron chi connectivity index (χ2n) is 32.4. The van der Waals surface area contributed by atoms with Crippen LogP contribution in [0.5, 0.6) is 0 Å². The average molecular weight is 1560 g/mol. The van der Waals surface area contributed by atoms with Crippen molar-refractivity contribution >= 4 is 39.5 Å². The molecule has 0 aromatic rings. The van der Waals surface area contributed by atoms with E-state index < -0.39 is 97.5 Å². The number of carbonyl (C=O) groups is 4.